The summed E-state index contributed by atoms with van der Waals surface area (Å²) in [5, 5.41) is 2.93. The highest BCUT2D eigenvalue weighted by Gasteiger charge is 2.17. The number of hydrogen-bond acceptors (Lipinski definition) is 5. The van der Waals surface area contributed by atoms with E-state index in [1.54, 1.807) is 12.1 Å². The van der Waals surface area contributed by atoms with E-state index in [2.05, 4.69) is 15.0 Å². The van der Waals surface area contributed by atoms with E-state index in [9.17, 15) is 13.2 Å². The van der Waals surface area contributed by atoms with E-state index in [-0.39, 0.29) is 10.8 Å². The molecule has 0 unspecified atom stereocenters. The molecule has 0 saturated carbocycles. The maximum Gasteiger partial charge on any atom is 0.263 e. The predicted molar refractivity (Wildman–Crippen MR) is 101 cm³/mol. The lowest BCUT2D eigenvalue weighted by Gasteiger charge is -2.06. The molecule has 0 aliphatic carbocycles. The summed E-state index contributed by atoms with van der Waals surface area (Å²) in [6, 6.07) is 9.97. The fraction of sp³-hybridized carbons (Fsp3) is 0.176. The van der Waals surface area contributed by atoms with Gasteiger partial charge in [-0.1, -0.05) is 17.4 Å². The predicted octanol–water partition coefficient (Wildman–Crippen LogP) is 3.67. The van der Waals surface area contributed by atoms with Gasteiger partial charge in [-0.2, -0.15) is 0 Å². The van der Waals surface area contributed by atoms with E-state index in [1.165, 1.54) is 30.4 Å². The lowest BCUT2D eigenvalue weighted by molar-refractivity contribution is -0.114. The van der Waals surface area contributed by atoms with Crippen molar-refractivity contribution in [1.82, 2.24) is 4.98 Å². The Morgan fingerprint density at radius 3 is 2.44 bits per heavy atom. The highest BCUT2D eigenvalue weighted by atomic mass is 32.2. The number of aromatic nitrogens is 1. The molecule has 1 amide bonds. The molecule has 2 aromatic carbocycles. The Morgan fingerprint density at radius 2 is 1.80 bits per heavy atom. The molecule has 8 heteroatoms. The molecule has 0 fully saturated rings. The molecular formula is C17H17N3O3S2. The summed E-state index contributed by atoms with van der Waals surface area (Å²) in [5.41, 5.74) is 3.46. The Bertz CT molecular complexity index is 1050. The monoisotopic (exact) mass is 375 g/mol. The number of carbonyl (C=O) groups excluding carboxylic acids is 1. The van der Waals surface area contributed by atoms with Gasteiger partial charge >= 0.3 is 0 Å². The maximum atomic E-state index is 12.5. The Morgan fingerprint density at radius 1 is 1.12 bits per heavy atom. The molecule has 0 radical (unpaired) electrons. The van der Waals surface area contributed by atoms with Crippen LogP contribution in [-0.2, 0) is 14.8 Å². The number of thiazole rings is 1. The first-order valence-corrected chi connectivity index (χ1v) is 9.83. The van der Waals surface area contributed by atoms with Gasteiger partial charge in [0.25, 0.3) is 10.0 Å². The van der Waals surface area contributed by atoms with E-state index < -0.39 is 10.0 Å². The van der Waals surface area contributed by atoms with Crippen LogP contribution in [0.25, 0.3) is 10.2 Å². The number of amides is 1. The summed E-state index contributed by atoms with van der Waals surface area (Å²) in [6.07, 6.45) is 0. The first-order chi connectivity index (χ1) is 11.7. The van der Waals surface area contributed by atoms with Crippen LogP contribution in [-0.4, -0.2) is 19.3 Å². The van der Waals surface area contributed by atoms with Gasteiger partial charge in [0, 0.05) is 12.6 Å². The number of aryl methyl sites for hydroxylation is 2. The number of fused-ring (bicyclic) bond motifs is 1. The third kappa shape index (κ3) is 3.80. The van der Waals surface area contributed by atoms with Gasteiger partial charge in [-0.15, -0.1) is 0 Å². The van der Waals surface area contributed by atoms with E-state index in [0.29, 0.717) is 10.8 Å². The minimum Gasteiger partial charge on any atom is -0.326 e. The van der Waals surface area contributed by atoms with Crippen LogP contribution in [0, 0.1) is 13.8 Å². The van der Waals surface area contributed by atoms with Gasteiger partial charge < -0.3 is 5.32 Å². The van der Waals surface area contributed by atoms with E-state index in [1.807, 2.05) is 26.0 Å². The highest BCUT2D eigenvalue weighted by molar-refractivity contribution is 7.93. The molecule has 0 atom stereocenters. The molecule has 2 N–H and O–H groups in total. The number of hydrogen-bond donors (Lipinski definition) is 2. The summed E-state index contributed by atoms with van der Waals surface area (Å²) in [6.45, 7) is 5.34. The van der Waals surface area contributed by atoms with Crippen molar-refractivity contribution >= 4 is 48.3 Å². The smallest absolute Gasteiger partial charge is 0.263 e. The van der Waals surface area contributed by atoms with Crippen molar-refractivity contribution < 1.29 is 13.2 Å². The normalized spacial score (nSPS) is 11.5. The van der Waals surface area contributed by atoms with Crippen LogP contribution in [0.2, 0.25) is 0 Å². The molecule has 0 bridgehead atoms. The number of carbonyl (C=O) groups is 1. The van der Waals surface area contributed by atoms with Gasteiger partial charge in [0.2, 0.25) is 5.91 Å². The average Bonchev–Trinajstić information content (AvgIpc) is 2.89. The van der Waals surface area contributed by atoms with Crippen molar-refractivity contribution in [2.24, 2.45) is 0 Å². The molecule has 25 heavy (non-hydrogen) atoms. The quantitative estimate of drug-likeness (QED) is 0.728. The second-order valence-corrected chi connectivity index (χ2v) is 8.47. The number of sulfonamides is 1. The van der Waals surface area contributed by atoms with Gasteiger partial charge in [0.05, 0.1) is 15.1 Å². The van der Waals surface area contributed by atoms with Gasteiger partial charge in [0.15, 0.2) is 5.13 Å². The second kappa shape index (κ2) is 6.45. The van der Waals surface area contributed by atoms with E-state index >= 15 is 0 Å². The summed E-state index contributed by atoms with van der Waals surface area (Å²) >= 11 is 1.30. The number of nitrogens with zero attached hydrogens (tertiary/aromatic N) is 1. The van der Waals surface area contributed by atoms with Crippen molar-refractivity contribution in [3.8, 4) is 0 Å². The third-order valence-corrected chi connectivity index (χ3v) is 5.94. The van der Waals surface area contributed by atoms with Crippen molar-refractivity contribution in [3.05, 3.63) is 47.5 Å². The fourth-order valence-electron chi connectivity index (χ4n) is 2.51. The first kappa shape index (κ1) is 17.4. The molecule has 1 aromatic heterocycles. The molecule has 1 heterocycles. The third-order valence-electron chi connectivity index (χ3n) is 3.54. The van der Waals surface area contributed by atoms with Crippen molar-refractivity contribution in [3.63, 3.8) is 0 Å². The van der Waals surface area contributed by atoms with Crippen LogP contribution in [0.3, 0.4) is 0 Å². The summed E-state index contributed by atoms with van der Waals surface area (Å²) in [7, 11) is -3.74. The number of rotatable bonds is 4. The molecule has 6 nitrogen and oxygen atoms in total. The summed E-state index contributed by atoms with van der Waals surface area (Å²) in [5.74, 6) is -0.214. The van der Waals surface area contributed by atoms with Crippen molar-refractivity contribution in [2.45, 2.75) is 25.7 Å². The number of anilines is 2. The molecule has 3 rings (SSSR count). The van der Waals surface area contributed by atoms with Gasteiger partial charge in [-0.3, -0.25) is 9.52 Å². The minimum absolute atomic E-state index is 0.105. The van der Waals surface area contributed by atoms with Crippen LogP contribution in [0.4, 0.5) is 10.8 Å². The SMILES string of the molecule is CC(=O)Nc1ccc(S(=O)(=O)Nc2nc3c(C)cc(C)cc3s2)cc1. The average molecular weight is 375 g/mol. The molecule has 0 spiro atoms. The molecule has 0 aliphatic rings. The molecule has 0 saturated heterocycles. The molecule has 3 aromatic rings. The summed E-state index contributed by atoms with van der Waals surface area (Å²) < 4.78 is 28.5. The lowest BCUT2D eigenvalue weighted by Crippen LogP contribution is -2.13. The van der Waals surface area contributed by atoms with Gasteiger partial charge in [0.1, 0.15) is 0 Å². The standard InChI is InChI=1S/C17H17N3O3S2/c1-10-8-11(2)16-15(9-10)24-17(19-16)20-25(22,23)14-6-4-13(5-7-14)18-12(3)21/h4-9H,1-3H3,(H,18,21)(H,19,20). The van der Waals surface area contributed by atoms with Gasteiger partial charge in [-0.25, -0.2) is 13.4 Å². The van der Waals surface area contributed by atoms with Crippen molar-refractivity contribution in [2.75, 3.05) is 10.0 Å². The van der Waals surface area contributed by atoms with E-state index in [0.717, 1.165) is 21.3 Å². The largest absolute Gasteiger partial charge is 0.326 e. The molecule has 130 valence electrons. The Hall–Kier alpha value is -2.45. The van der Waals surface area contributed by atoms with Crippen LogP contribution < -0.4 is 10.0 Å². The Kier molecular flexibility index (Phi) is 4.49. The Labute approximate surface area is 150 Å². The van der Waals surface area contributed by atoms with Crippen LogP contribution in [0.15, 0.2) is 41.3 Å². The van der Waals surface area contributed by atoms with Crippen LogP contribution in [0.1, 0.15) is 18.1 Å². The minimum atomic E-state index is -3.74. The molecule has 0 aliphatic heterocycles. The topological polar surface area (TPSA) is 88.2 Å². The second-order valence-electron chi connectivity index (χ2n) is 5.76. The zero-order valence-electron chi connectivity index (χ0n) is 14.0. The lowest BCUT2D eigenvalue weighted by atomic mass is 10.1. The van der Waals surface area contributed by atoms with Crippen LogP contribution in [0.5, 0.6) is 0 Å². The zero-order valence-corrected chi connectivity index (χ0v) is 15.6. The first-order valence-electron chi connectivity index (χ1n) is 7.53. The number of nitrogens with one attached hydrogen (secondary N) is 2. The number of benzene rings is 2. The highest BCUT2D eigenvalue weighted by Crippen LogP contribution is 2.30. The Balaban J connectivity index is 1.88. The van der Waals surface area contributed by atoms with Crippen LogP contribution >= 0.6 is 11.3 Å². The summed E-state index contributed by atoms with van der Waals surface area (Å²) in [4.78, 5) is 15.5. The molecular weight excluding hydrogens is 358 g/mol. The van der Waals surface area contributed by atoms with Gasteiger partial charge in [-0.05, 0) is 55.3 Å². The maximum absolute atomic E-state index is 12.5. The fourth-order valence-corrected chi connectivity index (χ4v) is 4.79. The zero-order chi connectivity index (χ0) is 18.2. The van der Waals surface area contributed by atoms with Crippen molar-refractivity contribution in [1.29, 1.82) is 0 Å². The van der Waals surface area contributed by atoms with E-state index in [4.69, 9.17) is 0 Å².